The summed E-state index contributed by atoms with van der Waals surface area (Å²) in [5, 5.41) is 7.02. The SMILES string of the molecule is CC1C(N)CCCN1c1n[nH]c(-c2ccccc2F)n1. The maximum absolute atomic E-state index is 13.7. The number of benzene rings is 1. The number of hydrogen-bond acceptors (Lipinski definition) is 4. The highest BCUT2D eigenvalue weighted by atomic mass is 19.1. The summed E-state index contributed by atoms with van der Waals surface area (Å²) in [6, 6.07) is 6.84. The lowest BCUT2D eigenvalue weighted by Gasteiger charge is -2.36. The number of nitrogens with one attached hydrogen (secondary N) is 1. The molecular weight excluding hydrogens is 257 g/mol. The van der Waals surface area contributed by atoms with Crippen LogP contribution in [-0.2, 0) is 0 Å². The molecule has 3 N–H and O–H groups in total. The van der Waals surface area contributed by atoms with Gasteiger partial charge in [-0.3, -0.25) is 5.10 Å². The molecule has 1 aromatic carbocycles. The van der Waals surface area contributed by atoms with E-state index in [0.29, 0.717) is 17.3 Å². The molecule has 106 valence electrons. The predicted octanol–water partition coefficient (Wildman–Crippen LogP) is 1.93. The van der Waals surface area contributed by atoms with Crippen LogP contribution in [-0.4, -0.2) is 33.8 Å². The third-order valence-corrected chi connectivity index (χ3v) is 3.91. The number of nitrogens with two attached hydrogens (primary N) is 1. The van der Waals surface area contributed by atoms with Crippen molar-refractivity contribution in [2.45, 2.75) is 31.8 Å². The van der Waals surface area contributed by atoms with Gasteiger partial charge in [0.25, 0.3) is 0 Å². The molecule has 2 aromatic rings. The van der Waals surface area contributed by atoms with Crippen LogP contribution in [0.4, 0.5) is 10.3 Å². The molecule has 2 heterocycles. The van der Waals surface area contributed by atoms with E-state index in [9.17, 15) is 4.39 Å². The molecule has 0 aliphatic carbocycles. The van der Waals surface area contributed by atoms with Crippen LogP contribution in [0.2, 0.25) is 0 Å². The summed E-state index contributed by atoms with van der Waals surface area (Å²) in [4.78, 5) is 6.49. The Hall–Kier alpha value is -1.95. The minimum absolute atomic E-state index is 0.124. The van der Waals surface area contributed by atoms with Gasteiger partial charge in [0.15, 0.2) is 5.82 Å². The molecule has 1 aromatic heterocycles. The molecule has 0 spiro atoms. The number of H-pyrrole nitrogens is 1. The molecule has 20 heavy (non-hydrogen) atoms. The van der Waals surface area contributed by atoms with Gasteiger partial charge in [-0.15, -0.1) is 5.10 Å². The Morgan fingerprint density at radius 2 is 2.20 bits per heavy atom. The average molecular weight is 275 g/mol. The zero-order chi connectivity index (χ0) is 14.1. The molecule has 1 saturated heterocycles. The summed E-state index contributed by atoms with van der Waals surface area (Å²) < 4.78 is 13.7. The number of aromatic nitrogens is 3. The highest BCUT2D eigenvalue weighted by Gasteiger charge is 2.28. The Morgan fingerprint density at radius 3 is 3.00 bits per heavy atom. The van der Waals surface area contributed by atoms with Gasteiger partial charge in [-0.1, -0.05) is 12.1 Å². The second-order valence-corrected chi connectivity index (χ2v) is 5.20. The van der Waals surface area contributed by atoms with Gasteiger partial charge in [-0.2, -0.15) is 4.98 Å². The monoisotopic (exact) mass is 275 g/mol. The predicted molar refractivity (Wildman–Crippen MR) is 75.8 cm³/mol. The summed E-state index contributed by atoms with van der Waals surface area (Å²) in [5.41, 5.74) is 6.51. The first-order valence-electron chi connectivity index (χ1n) is 6.86. The summed E-state index contributed by atoms with van der Waals surface area (Å²) in [6.45, 7) is 2.95. The third-order valence-electron chi connectivity index (χ3n) is 3.91. The minimum atomic E-state index is -0.307. The van der Waals surface area contributed by atoms with Crippen molar-refractivity contribution in [3.05, 3.63) is 30.1 Å². The Kier molecular flexibility index (Phi) is 3.40. The Balaban J connectivity index is 1.89. The van der Waals surface area contributed by atoms with Crippen molar-refractivity contribution in [1.29, 1.82) is 0 Å². The number of rotatable bonds is 2. The van der Waals surface area contributed by atoms with E-state index in [2.05, 4.69) is 27.0 Å². The van der Waals surface area contributed by atoms with Gasteiger partial charge in [-0.25, -0.2) is 4.39 Å². The molecule has 1 fully saturated rings. The molecule has 2 atom stereocenters. The van der Waals surface area contributed by atoms with Gasteiger partial charge in [0.2, 0.25) is 5.95 Å². The Morgan fingerprint density at radius 1 is 1.40 bits per heavy atom. The van der Waals surface area contributed by atoms with Crippen LogP contribution in [0.15, 0.2) is 24.3 Å². The summed E-state index contributed by atoms with van der Waals surface area (Å²) in [6.07, 6.45) is 2.04. The zero-order valence-electron chi connectivity index (χ0n) is 11.4. The molecule has 0 saturated carbocycles. The first-order valence-corrected chi connectivity index (χ1v) is 6.86. The summed E-state index contributed by atoms with van der Waals surface area (Å²) >= 11 is 0. The number of halogens is 1. The Bertz CT molecular complexity index is 597. The highest BCUT2D eigenvalue weighted by molar-refractivity contribution is 5.57. The lowest BCUT2D eigenvalue weighted by atomic mass is 9.99. The Labute approximate surface area is 117 Å². The van der Waals surface area contributed by atoms with Crippen LogP contribution in [0.5, 0.6) is 0 Å². The third kappa shape index (κ3) is 2.27. The van der Waals surface area contributed by atoms with Crippen LogP contribution in [0, 0.1) is 5.82 Å². The molecule has 1 aliphatic heterocycles. The molecule has 0 bridgehead atoms. The largest absolute Gasteiger partial charge is 0.335 e. The van der Waals surface area contributed by atoms with Gasteiger partial charge < -0.3 is 10.6 Å². The van der Waals surface area contributed by atoms with E-state index in [1.165, 1.54) is 6.07 Å². The molecular formula is C14H18FN5. The molecule has 0 amide bonds. The smallest absolute Gasteiger partial charge is 0.245 e. The molecule has 0 radical (unpaired) electrons. The van der Waals surface area contributed by atoms with Gasteiger partial charge in [0.05, 0.1) is 5.56 Å². The summed E-state index contributed by atoms with van der Waals surface area (Å²) in [5.74, 6) is 0.731. The molecule has 3 rings (SSSR count). The van der Waals surface area contributed by atoms with Crippen LogP contribution < -0.4 is 10.6 Å². The van der Waals surface area contributed by atoms with E-state index in [1.54, 1.807) is 18.2 Å². The first-order chi connectivity index (χ1) is 9.66. The van der Waals surface area contributed by atoms with Gasteiger partial charge in [0, 0.05) is 18.6 Å². The van der Waals surface area contributed by atoms with Crippen molar-refractivity contribution in [2.24, 2.45) is 5.73 Å². The maximum Gasteiger partial charge on any atom is 0.245 e. The molecule has 6 heteroatoms. The van der Waals surface area contributed by atoms with E-state index in [0.717, 1.165) is 19.4 Å². The quantitative estimate of drug-likeness (QED) is 0.878. The van der Waals surface area contributed by atoms with Crippen molar-refractivity contribution >= 4 is 5.95 Å². The second-order valence-electron chi connectivity index (χ2n) is 5.20. The van der Waals surface area contributed by atoms with Crippen LogP contribution in [0.25, 0.3) is 11.4 Å². The first kappa shape index (κ1) is 13.1. The minimum Gasteiger partial charge on any atom is -0.335 e. The fourth-order valence-electron chi connectivity index (χ4n) is 2.61. The maximum atomic E-state index is 13.7. The van der Waals surface area contributed by atoms with E-state index in [1.807, 2.05) is 0 Å². The number of anilines is 1. The van der Waals surface area contributed by atoms with Gasteiger partial charge in [-0.05, 0) is 31.9 Å². The fraction of sp³-hybridized carbons (Fsp3) is 0.429. The molecule has 2 unspecified atom stereocenters. The van der Waals surface area contributed by atoms with E-state index in [-0.39, 0.29) is 17.9 Å². The van der Waals surface area contributed by atoms with Gasteiger partial charge in [0.1, 0.15) is 5.82 Å². The number of piperidine rings is 1. The van der Waals surface area contributed by atoms with Crippen LogP contribution >= 0.6 is 0 Å². The highest BCUT2D eigenvalue weighted by Crippen LogP contribution is 2.24. The van der Waals surface area contributed by atoms with E-state index >= 15 is 0 Å². The van der Waals surface area contributed by atoms with Crippen LogP contribution in [0.3, 0.4) is 0 Å². The van der Waals surface area contributed by atoms with E-state index in [4.69, 9.17) is 5.73 Å². The lowest BCUT2D eigenvalue weighted by molar-refractivity contribution is 0.416. The number of hydrogen-bond donors (Lipinski definition) is 2. The number of nitrogens with zero attached hydrogens (tertiary/aromatic N) is 3. The summed E-state index contributed by atoms with van der Waals surface area (Å²) in [7, 11) is 0. The normalized spacial score (nSPS) is 23.1. The average Bonchev–Trinajstić information content (AvgIpc) is 2.92. The van der Waals surface area contributed by atoms with Gasteiger partial charge >= 0.3 is 0 Å². The van der Waals surface area contributed by atoms with Crippen molar-refractivity contribution in [1.82, 2.24) is 15.2 Å². The van der Waals surface area contributed by atoms with Crippen molar-refractivity contribution < 1.29 is 4.39 Å². The van der Waals surface area contributed by atoms with Crippen molar-refractivity contribution in [3.63, 3.8) is 0 Å². The molecule has 1 aliphatic rings. The lowest BCUT2D eigenvalue weighted by Crippen LogP contribution is -2.50. The zero-order valence-corrected chi connectivity index (χ0v) is 11.4. The fourth-order valence-corrected chi connectivity index (χ4v) is 2.61. The molecule has 5 nitrogen and oxygen atoms in total. The van der Waals surface area contributed by atoms with Crippen molar-refractivity contribution in [2.75, 3.05) is 11.4 Å². The second kappa shape index (κ2) is 5.20. The number of aromatic amines is 1. The van der Waals surface area contributed by atoms with E-state index < -0.39 is 0 Å². The standard InChI is InChI=1S/C14H18FN5/c1-9-12(16)7-4-8-20(9)14-17-13(18-19-14)10-5-2-3-6-11(10)15/h2-3,5-6,9,12H,4,7-8,16H2,1H3,(H,17,18,19). The topological polar surface area (TPSA) is 70.8 Å². The van der Waals surface area contributed by atoms with Crippen LogP contribution in [0.1, 0.15) is 19.8 Å². The van der Waals surface area contributed by atoms with Crippen molar-refractivity contribution in [3.8, 4) is 11.4 Å².